The van der Waals surface area contributed by atoms with Crippen LogP contribution in [0.2, 0.25) is 0 Å². The summed E-state index contributed by atoms with van der Waals surface area (Å²) in [5.41, 5.74) is 6.13. The van der Waals surface area contributed by atoms with E-state index in [1.807, 2.05) is 97.9 Å². The molecule has 1 saturated heterocycles. The Kier molecular flexibility index (Phi) is 8.22. The number of pyridine rings is 1. The van der Waals surface area contributed by atoms with Crippen LogP contribution in [0, 0.1) is 26.7 Å². The van der Waals surface area contributed by atoms with Crippen LogP contribution in [0.15, 0.2) is 91.3 Å². The molecule has 4 aromatic rings. The van der Waals surface area contributed by atoms with Crippen LogP contribution in [-0.2, 0) is 9.56 Å². The maximum atomic E-state index is 13.7. The highest BCUT2D eigenvalue weighted by molar-refractivity contribution is 8.02. The molecule has 1 aliphatic heterocycles. The molecule has 1 aliphatic rings. The van der Waals surface area contributed by atoms with Gasteiger partial charge >= 0.3 is 7.12 Å². The number of thioether (sulfide) groups is 1. The molecule has 1 atom stereocenters. The molecule has 1 aromatic heterocycles. The quantitative estimate of drug-likeness (QED) is 0.206. The van der Waals surface area contributed by atoms with Crippen molar-refractivity contribution >= 4 is 24.8 Å². The lowest BCUT2D eigenvalue weighted by atomic mass is 9.69. The van der Waals surface area contributed by atoms with Crippen molar-refractivity contribution in [3.63, 3.8) is 0 Å². The SMILES string of the molecule is Cc1ccccc1OB(Oc1ccccc1C)C1(c2cnccc2-c2ccccc2C)SCC(=O)N1CC(C)C. The maximum Gasteiger partial charge on any atom is 0.638 e. The highest BCUT2D eigenvalue weighted by Gasteiger charge is 2.62. The fourth-order valence-corrected chi connectivity index (χ4v) is 6.62. The van der Waals surface area contributed by atoms with Crippen LogP contribution in [0.5, 0.6) is 11.5 Å². The van der Waals surface area contributed by atoms with E-state index in [2.05, 4.69) is 37.9 Å². The van der Waals surface area contributed by atoms with Crippen molar-refractivity contribution in [2.45, 2.75) is 39.4 Å². The molecule has 0 N–H and O–H groups in total. The number of hydrogen-bond donors (Lipinski definition) is 0. The standard InChI is InChI=1S/C33H35BN2O3S/c1-23(2)21-36-32(37)22-40-33(36,29-20-35-19-18-28(29)27-15-9-6-12-24(27)3)34(38-30-16-10-7-13-25(30)4)39-31-17-11-8-14-26(31)5/h6-20,23H,21-22H2,1-5H3. The molecule has 0 aliphatic carbocycles. The Morgan fingerprint density at radius 2 is 1.43 bits per heavy atom. The number of rotatable bonds is 9. The number of carbonyl (C=O) groups is 1. The smallest absolute Gasteiger partial charge is 0.523 e. The van der Waals surface area contributed by atoms with Gasteiger partial charge in [0.15, 0.2) is 4.77 Å². The molecule has 0 radical (unpaired) electrons. The van der Waals surface area contributed by atoms with Crippen molar-refractivity contribution in [1.82, 2.24) is 9.88 Å². The first-order chi connectivity index (χ1) is 19.3. The summed E-state index contributed by atoms with van der Waals surface area (Å²) in [5.74, 6) is 2.04. The molecular formula is C33H35BN2O3S. The number of carbonyl (C=O) groups excluding carboxylic acids is 1. The van der Waals surface area contributed by atoms with E-state index in [4.69, 9.17) is 9.31 Å². The lowest BCUT2D eigenvalue weighted by Crippen LogP contribution is -2.59. The Bertz CT molecular complexity index is 1460. The Labute approximate surface area is 242 Å². The first-order valence-electron chi connectivity index (χ1n) is 13.7. The summed E-state index contributed by atoms with van der Waals surface area (Å²) < 4.78 is 12.7. The summed E-state index contributed by atoms with van der Waals surface area (Å²) in [6.07, 6.45) is 3.70. The molecule has 7 heteroatoms. The van der Waals surface area contributed by atoms with Gasteiger partial charge in [-0.2, -0.15) is 0 Å². The van der Waals surface area contributed by atoms with E-state index in [0.29, 0.717) is 23.8 Å². The summed E-state index contributed by atoms with van der Waals surface area (Å²) in [4.78, 5) is 20.3. The first kappa shape index (κ1) is 27.8. The minimum Gasteiger partial charge on any atom is -0.523 e. The van der Waals surface area contributed by atoms with E-state index in [1.165, 1.54) is 0 Å². The molecule has 5 nitrogen and oxygen atoms in total. The minimum atomic E-state index is -1.00. The number of aryl methyl sites for hydroxylation is 3. The van der Waals surface area contributed by atoms with Crippen molar-refractivity contribution in [1.29, 1.82) is 0 Å². The van der Waals surface area contributed by atoms with Gasteiger partial charge in [-0.3, -0.25) is 9.78 Å². The molecule has 1 fully saturated rings. The van der Waals surface area contributed by atoms with Gasteiger partial charge in [-0.25, -0.2) is 0 Å². The third-order valence-corrected chi connectivity index (χ3v) is 8.75. The summed E-state index contributed by atoms with van der Waals surface area (Å²) >= 11 is 1.56. The molecule has 1 unspecified atom stereocenters. The lowest BCUT2D eigenvalue weighted by Gasteiger charge is -2.41. The van der Waals surface area contributed by atoms with E-state index < -0.39 is 11.9 Å². The predicted molar refractivity (Wildman–Crippen MR) is 164 cm³/mol. The van der Waals surface area contributed by atoms with Gasteiger partial charge in [-0.1, -0.05) is 74.5 Å². The van der Waals surface area contributed by atoms with Crippen LogP contribution in [0.4, 0.5) is 0 Å². The third-order valence-electron chi connectivity index (χ3n) is 7.28. The van der Waals surface area contributed by atoms with Crippen LogP contribution in [-0.4, -0.2) is 35.2 Å². The first-order valence-corrected chi connectivity index (χ1v) is 14.7. The second kappa shape index (κ2) is 11.8. The maximum absolute atomic E-state index is 13.7. The third kappa shape index (κ3) is 5.35. The zero-order chi connectivity index (χ0) is 28.3. The molecule has 5 rings (SSSR count). The Morgan fingerprint density at radius 1 is 0.850 bits per heavy atom. The lowest BCUT2D eigenvalue weighted by molar-refractivity contribution is -0.129. The van der Waals surface area contributed by atoms with Gasteiger partial charge in [0.1, 0.15) is 11.5 Å². The van der Waals surface area contributed by atoms with Crippen molar-refractivity contribution < 1.29 is 14.1 Å². The average Bonchev–Trinajstić information content (AvgIpc) is 3.26. The van der Waals surface area contributed by atoms with Crippen molar-refractivity contribution in [3.8, 4) is 22.6 Å². The van der Waals surface area contributed by atoms with Crippen LogP contribution in [0.3, 0.4) is 0 Å². The average molecular weight is 551 g/mol. The van der Waals surface area contributed by atoms with Gasteiger partial charge in [-0.05, 0) is 72.7 Å². The number of aromatic nitrogens is 1. The number of nitrogens with zero attached hydrogens (tertiary/aromatic N) is 2. The minimum absolute atomic E-state index is 0.0602. The number of benzene rings is 3. The van der Waals surface area contributed by atoms with Gasteiger partial charge in [0.2, 0.25) is 5.91 Å². The van der Waals surface area contributed by atoms with Gasteiger partial charge in [0.05, 0.1) is 5.75 Å². The highest BCUT2D eigenvalue weighted by Crippen LogP contribution is 2.51. The van der Waals surface area contributed by atoms with Crippen LogP contribution < -0.4 is 9.31 Å². The molecular weight excluding hydrogens is 515 g/mol. The van der Waals surface area contributed by atoms with Crippen molar-refractivity contribution in [2.75, 3.05) is 12.3 Å². The summed E-state index contributed by atoms with van der Waals surface area (Å²) in [6, 6.07) is 26.2. The van der Waals surface area contributed by atoms with Gasteiger partial charge < -0.3 is 14.2 Å². The zero-order valence-corrected chi connectivity index (χ0v) is 24.6. The van der Waals surface area contributed by atoms with E-state index >= 15 is 0 Å². The molecule has 0 saturated carbocycles. The summed E-state index contributed by atoms with van der Waals surface area (Å²) in [6.45, 7) is 11.0. The monoisotopic (exact) mass is 550 g/mol. The number of para-hydroxylation sites is 2. The highest BCUT2D eigenvalue weighted by atomic mass is 32.2. The van der Waals surface area contributed by atoms with Gasteiger partial charge in [0.25, 0.3) is 0 Å². The Balaban J connectivity index is 1.78. The van der Waals surface area contributed by atoms with Gasteiger partial charge in [-0.15, -0.1) is 11.8 Å². The molecule has 3 aromatic carbocycles. The summed E-state index contributed by atoms with van der Waals surface area (Å²) in [5, 5.41) is 0. The molecule has 40 heavy (non-hydrogen) atoms. The summed E-state index contributed by atoms with van der Waals surface area (Å²) in [7, 11) is -0.864. The predicted octanol–water partition coefficient (Wildman–Crippen LogP) is 7.24. The second-order valence-electron chi connectivity index (χ2n) is 10.7. The fraction of sp³-hybridized carbons (Fsp3) is 0.273. The van der Waals surface area contributed by atoms with Gasteiger partial charge in [0, 0.05) is 24.5 Å². The normalized spacial score (nSPS) is 16.9. The topological polar surface area (TPSA) is 51.7 Å². The number of hydrogen-bond acceptors (Lipinski definition) is 5. The van der Waals surface area contributed by atoms with Crippen LogP contribution in [0.25, 0.3) is 11.1 Å². The molecule has 0 spiro atoms. The Morgan fingerprint density at radius 3 is 2.00 bits per heavy atom. The van der Waals surface area contributed by atoms with Crippen LogP contribution >= 0.6 is 11.8 Å². The van der Waals surface area contributed by atoms with E-state index in [1.54, 1.807) is 11.8 Å². The van der Waals surface area contributed by atoms with Crippen molar-refractivity contribution in [2.24, 2.45) is 5.92 Å². The van der Waals surface area contributed by atoms with E-state index in [0.717, 1.165) is 33.4 Å². The molecule has 1 amide bonds. The van der Waals surface area contributed by atoms with E-state index in [-0.39, 0.29) is 11.8 Å². The molecule has 204 valence electrons. The Hall–Kier alpha value is -3.71. The second-order valence-corrected chi connectivity index (χ2v) is 11.9. The molecule has 2 heterocycles. The fourth-order valence-electron chi connectivity index (χ4n) is 5.24. The zero-order valence-electron chi connectivity index (χ0n) is 23.8. The van der Waals surface area contributed by atoms with Crippen molar-refractivity contribution in [3.05, 3.63) is 114 Å². The van der Waals surface area contributed by atoms with Crippen LogP contribution in [0.1, 0.15) is 36.1 Å². The molecule has 0 bridgehead atoms. The largest absolute Gasteiger partial charge is 0.638 e. The number of amides is 1. The van der Waals surface area contributed by atoms with E-state index in [9.17, 15) is 4.79 Å².